The number of anilines is 1. The molecule has 0 bridgehead atoms. The molecule has 8 nitrogen and oxygen atoms in total. The van der Waals surface area contributed by atoms with Crippen molar-refractivity contribution in [2.75, 3.05) is 31.7 Å². The SMILES string of the molecule is CCC(=O)NC1CCN(CC(=O)Nc2cc3c(cc2C(C)=O)OCO3)CC1. The first-order valence-corrected chi connectivity index (χ1v) is 9.22. The van der Waals surface area contributed by atoms with Crippen molar-refractivity contribution in [2.45, 2.75) is 39.2 Å². The van der Waals surface area contributed by atoms with Crippen LogP contribution >= 0.6 is 0 Å². The Balaban J connectivity index is 1.56. The summed E-state index contributed by atoms with van der Waals surface area (Å²) in [6, 6.07) is 3.40. The number of ketones is 1. The number of likely N-dealkylation sites (tertiary alicyclic amines) is 1. The fourth-order valence-corrected chi connectivity index (χ4v) is 3.29. The van der Waals surface area contributed by atoms with Crippen LogP contribution in [0.4, 0.5) is 5.69 Å². The number of carbonyl (C=O) groups excluding carboxylic acids is 3. The number of Topliss-reactive ketones (excluding diaryl/α,β-unsaturated/α-hetero) is 1. The van der Waals surface area contributed by atoms with E-state index in [1.807, 2.05) is 11.8 Å². The Kier molecular flexibility index (Phi) is 5.95. The highest BCUT2D eigenvalue weighted by Crippen LogP contribution is 2.37. The van der Waals surface area contributed by atoms with Crippen LogP contribution in [0, 0.1) is 0 Å². The van der Waals surface area contributed by atoms with Gasteiger partial charge in [-0.3, -0.25) is 19.3 Å². The number of hydrogen-bond acceptors (Lipinski definition) is 6. The zero-order valence-corrected chi connectivity index (χ0v) is 15.7. The molecule has 0 radical (unpaired) electrons. The number of nitrogens with one attached hydrogen (secondary N) is 2. The van der Waals surface area contributed by atoms with E-state index in [2.05, 4.69) is 10.6 Å². The predicted molar refractivity (Wildman–Crippen MR) is 99.1 cm³/mol. The fourth-order valence-electron chi connectivity index (χ4n) is 3.29. The lowest BCUT2D eigenvalue weighted by Crippen LogP contribution is -2.46. The molecule has 0 saturated carbocycles. The molecule has 0 spiro atoms. The van der Waals surface area contributed by atoms with Crippen LogP contribution in [0.5, 0.6) is 11.5 Å². The highest BCUT2D eigenvalue weighted by Gasteiger charge is 2.23. The lowest BCUT2D eigenvalue weighted by atomic mass is 10.0. The van der Waals surface area contributed by atoms with E-state index >= 15 is 0 Å². The smallest absolute Gasteiger partial charge is 0.238 e. The summed E-state index contributed by atoms with van der Waals surface area (Å²) < 4.78 is 10.6. The van der Waals surface area contributed by atoms with E-state index in [0.717, 1.165) is 25.9 Å². The number of benzene rings is 1. The van der Waals surface area contributed by atoms with Crippen molar-refractivity contribution >= 4 is 23.3 Å². The van der Waals surface area contributed by atoms with E-state index in [1.165, 1.54) is 6.92 Å². The third-order valence-corrected chi connectivity index (χ3v) is 4.81. The van der Waals surface area contributed by atoms with Gasteiger partial charge >= 0.3 is 0 Å². The van der Waals surface area contributed by atoms with Crippen molar-refractivity contribution < 1.29 is 23.9 Å². The molecule has 2 N–H and O–H groups in total. The number of amides is 2. The molecular formula is C19H25N3O5. The van der Waals surface area contributed by atoms with Gasteiger partial charge in [0.05, 0.1) is 12.2 Å². The second-order valence-corrected chi connectivity index (χ2v) is 6.83. The van der Waals surface area contributed by atoms with Gasteiger partial charge in [-0.05, 0) is 25.8 Å². The summed E-state index contributed by atoms with van der Waals surface area (Å²) in [5.41, 5.74) is 0.829. The number of piperidine rings is 1. The standard InChI is InChI=1S/C19H25N3O5/c1-3-18(24)20-13-4-6-22(7-5-13)10-19(25)21-15-9-17-16(26-11-27-17)8-14(15)12(2)23/h8-9,13H,3-7,10-11H2,1-2H3,(H,20,24)(H,21,25). The fraction of sp³-hybridized carbons (Fsp3) is 0.526. The maximum absolute atomic E-state index is 12.5. The molecule has 3 rings (SSSR count). The molecule has 0 aliphatic carbocycles. The van der Waals surface area contributed by atoms with Gasteiger partial charge < -0.3 is 20.1 Å². The van der Waals surface area contributed by atoms with Crippen LogP contribution in [0.25, 0.3) is 0 Å². The van der Waals surface area contributed by atoms with Gasteiger partial charge in [-0.2, -0.15) is 0 Å². The van der Waals surface area contributed by atoms with Crippen LogP contribution in [-0.4, -0.2) is 55.0 Å². The van der Waals surface area contributed by atoms with E-state index < -0.39 is 0 Å². The predicted octanol–water partition coefficient (Wildman–Crippen LogP) is 1.55. The van der Waals surface area contributed by atoms with Crippen molar-refractivity contribution in [1.82, 2.24) is 10.2 Å². The molecule has 8 heteroatoms. The van der Waals surface area contributed by atoms with E-state index in [0.29, 0.717) is 29.2 Å². The monoisotopic (exact) mass is 375 g/mol. The summed E-state index contributed by atoms with van der Waals surface area (Å²) in [4.78, 5) is 37.9. The minimum atomic E-state index is -0.188. The van der Waals surface area contributed by atoms with Crippen molar-refractivity contribution in [3.63, 3.8) is 0 Å². The minimum absolute atomic E-state index is 0.0609. The maximum atomic E-state index is 12.5. The molecule has 0 unspecified atom stereocenters. The van der Waals surface area contributed by atoms with Gasteiger partial charge in [0.2, 0.25) is 18.6 Å². The zero-order chi connectivity index (χ0) is 19.4. The molecule has 27 heavy (non-hydrogen) atoms. The highest BCUT2D eigenvalue weighted by molar-refractivity contribution is 6.05. The summed E-state index contributed by atoms with van der Waals surface area (Å²) in [6.45, 7) is 5.10. The molecule has 2 heterocycles. The molecule has 1 aromatic carbocycles. The Morgan fingerprint density at radius 1 is 1.11 bits per heavy atom. The summed E-state index contributed by atoms with van der Waals surface area (Å²) in [7, 11) is 0. The highest BCUT2D eigenvalue weighted by atomic mass is 16.7. The molecular weight excluding hydrogens is 350 g/mol. The number of nitrogens with zero attached hydrogens (tertiary/aromatic N) is 1. The molecule has 1 fully saturated rings. The first kappa shape index (κ1) is 19.2. The van der Waals surface area contributed by atoms with Crippen molar-refractivity contribution in [2.24, 2.45) is 0 Å². The summed E-state index contributed by atoms with van der Waals surface area (Å²) in [6.07, 6.45) is 2.13. The van der Waals surface area contributed by atoms with Crippen LogP contribution in [0.2, 0.25) is 0 Å². The molecule has 0 aromatic heterocycles. The lowest BCUT2D eigenvalue weighted by molar-refractivity contribution is -0.122. The van der Waals surface area contributed by atoms with Gasteiger partial charge in [0.25, 0.3) is 0 Å². The Morgan fingerprint density at radius 3 is 2.41 bits per heavy atom. The average Bonchev–Trinajstić information content (AvgIpc) is 3.09. The largest absolute Gasteiger partial charge is 0.454 e. The summed E-state index contributed by atoms with van der Waals surface area (Å²) in [5.74, 6) is 0.742. The van der Waals surface area contributed by atoms with Crippen LogP contribution in [-0.2, 0) is 9.59 Å². The van der Waals surface area contributed by atoms with Gasteiger partial charge in [0, 0.05) is 37.2 Å². The second kappa shape index (κ2) is 8.39. The summed E-state index contributed by atoms with van der Waals surface area (Å²) >= 11 is 0. The van der Waals surface area contributed by atoms with Crippen LogP contribution in [0.1, 0.15) is 43.5 Å². The number of hydrogen-bond donors (Lipinski definition) is 2. The van der Waals surface area contributed by atoms with Crippen molar-refractivity contribution in [3.8, 4) is 11.5 Å². The molecule has 1 saturated heterocycles. The molecule has 0 atom stereocenters. The second-order valence-electron chi connectivity index (χ2n) is 6.83. The average molecular weight is 375 g/mol. The molecule has 2 aliphatic rings. The number of carbonyl (C=O) groups is 3. The topological polar surface area (TPSA) is 97.0 Å². The van der Waals surface area contributed by atoms with E-state index in [4.69, 9.17) is 9.47 Å². The zero-order valence-electron chi connectivity index (χ0n) is 15.7. The van der Waals surface area contributed by atoms with E-state index in [1.54, 1.807) is 12.1 Å². The van der Waals surface area contributed by atoms with Gasteiger partial charge in [-0.25, -0.2) is 0 Å². The Bertz CT molecular complexity index is 741. The summed E-state index contributed by atoms with van der Waals surface area (Å²) in [5, 5.41) is 5.81. The molecule has 2 aliphatic heterocycles. The van der Waals surface area contributed by atoms with Gasteiger partial charge in [0.15, 0.2) is 17.3 Å². The molecule has 146 valence electrons. The van der Waals surface area contributed by atoms with Crippen LogP contribution < -0.4 is 20.1 Å². The minimum Gasteiger partial charge on any atom is -0.454 e. The molecule has 1 aromatic rings. The number of ether oxygens (including phenoxy) is 2. The molecule has 2 amide bonds. The van der Waals surface area contributed by atoms with Gasteiger partial charge in [-0.15, -0.1) is 0 Å². The Hall–Kier alpha value is -2.61. The van der Waals surface area contributed by atoms with E-state index in [-0.39, 0.29) is 37.0 Å². The third-order valence-electron chi connectivity index (χ3n) is 4.81. The van der Waals surface area contributed by atoms with Crippen LogP contribution in [0.3, 0.4) is 0 Å². The van der Waals surface area contributed by atoms with Gasteiger partial charge in [-0.1, -0.05) is 6.92 Å². The first-order chi connectivity index (χ1) is 13.0. The van der Waals surface area contributed by atoms with Gasteiger partial charge in [0.1, 0.15) is 0 Å². The Morgan fingerprint density at radius 2 is 1.78 bits per heavy atom. The van der Waals surface area contributed by atoms with Crippen molar-refractivity contribution in [1.29, 1.82) is 0 Å². The number of fused-ring (bicyclic) bond motifs is 1. The number of rotatable bonds is 6. The third kappa shape index (κ3) is 4.77. The normalized spacial score (nSPS) is 16.8. The lowest BCUT2D eigenvalue weighted by Gasteiger charge is -2.31. The first-order valence-electron chi connectivity index (χ1n) is 9.22. The quantitative estimate of drug-likeness (QED) is 0.732. The Labute approximate surface area is 158 Å². The van der Waals surface area contributed by atoms with Crippen molar-refractivity contribution in [3.05, 3.63) is 17.7 Å². The van der Waals surface area contributed by atoms with E-state index in [9.17, 15) is 14.4 Å². The van der Waals surface area contributed by atoms with Crippen LogP contribution in [0.15, 0.2) is 12.1 Å². The maximum Gasteiger partial charge on any atom is 0.238 e.